The van der Waals surface area contributed by atoms with Gasteiger partial charge in [-0.3, -0.25) is 24.2 Å². The zero-order chi connectivity index (χ0) is 21.3. The van der Waals surface area contributed by atoms with Crippen LogP contribution in [0.25, 0.3) is 0 Å². The van der Waals surface area contributed by atoms with E-state index in [1.54, 1.807) is 48.5 Å². The number of amides is 3. The number of imide groups is 1. The van der Waals surface area contributed by atoms with E-state index >= 15 is 0 Å². The van der Waals surface area contributed by atoms with Crippen LogP contribution >= 0.6 is 11.6 Å². The van der Waals surface area contributed by atoms with E-state index in [0.717, 1.165) is 6.42 Å². The van der Waals surface area contributed by atoms with Crippen LogP contribution in [-0.4, -0.2) is 29.3 Å². The minimum atomic E-state index is -0.278. The number of carbonyl (C=O) groups is 3. The highest BCUT2D eigenvalue weighted by Gasteiger charge is 2.67. The molecule has 156 valence electrons. The number of carbonyl (C=O) groups excluding carboxylic acids is 3. The molecule has 0 spiro atoms. The van der Waals surface area contributed by atoms with Gasteiger partial charge in [-0.25, -0.2) is 0 Å². The van der Waals surface area contributed by atoms with Crippen LogP contribution in [0.2, 0.25) is 5.02 Å². The van der Waals surface area contributed by atoms with Crippen LogP contribution in [0.5, 0.6) is 0 Å². The molecule has 3 amide bonds. The van der Waals surface area contributed by atoms with Crippen LogP contribution in [0.4, 0.5) is 5.69 Å². The van der Waals surface area contributed by atoms with E-state index in [2.05, 4.69) is 12.2 Å². The Balaban J connectivity index is 1.35. The Labute approximate surface area is 185 Å². The second kappa shape index (κ2) is 6.79. The molecule has 3 fully saturated rings. The van der Waals surface area contributed by atoms with Crippen LogP contribution in [0.15, 0.2) is 66.7 Å². The Kier molecular flexibility index (Phi) is 4.12. The summed E-state index contributed by atoms with van der Waals surface area (Å²) < 4.78 is 0. The van der Waals surface area contributed by atoms with Crippen LogP contribution in [-0.2, 0) is 9.59 Å². The number of hydrogen-bond donors (Lipinski definition) is 0. The zero-order valence-corrected chi connectivity index (χ0v) is 17.5. The molecule has 0 aromatic heterocycles. The van der Waals surface area contributed by atoms with Gasteiger partial charge in [-0.2, -0.15) is 0 Å². The highest BCUT2D eigenvalue weighted by Crippen LogP contribution is 2.65. The van der Waals surface area contributed by atoms with Crippen LogP contribution in [0, 0.1) is 35.5 Å². The van der Waals surface area contributed by atoms with Crippen LogP contribution < -0.4 is 4.90 Å². The first-order valence-electron chi connectivity index (χ1n) is 10.7. The summed E-state index contributed by atoms with van der Waals surface area (Å²) in [5.41, 5.74) is 1.04. The maximum absolute atomic E-state index is 13.4. The average Bonchev–Trinajstić information content (AvgIpc) is 3.57. The second-order valence-corrected chi connectivity index (χ2v) is 9.42. The highest BCUT2D eigenvalue weighted by molar-refractivity contribution is 6.31. The summed E-state index contributed by atoms with van der Waals surface area (Å²) >= 11 is 6.19. The summed E-state index contributed by atoms with van der Waals surface area (Å²) in [7, 11) is 0. The number of anilines is 1. The van der Waals surface area contributed by atoms with E-state index < -0.39 is 0 Å². The molecule has 2 saturated carbocycles. The fraction of sp³-hybridized carbons (Fsp3) is 0.320. The van der Waals surface area contributed by atoms with Crippen molar-refractivity contribution < 1.29 is 14.4 Å². The van der Waals surface area contributed by atoms with E-state index in [4.69, 9.17) is 11.6 Å². The molecule has 6 atom stereocenters. The number of rotatable bonds is 4. The van der Waals surface area contributed by atoms with Gasteiger partial charge in [-0.05, 0) is 60.4 Å². The number of allylic oxidation sites excluding steroid dienone is 2. The van der Waals surface area contributed by atoms with Gasteiger partial charge in [0.2, 0.25) is 11.8 Å². The lowest BCUT2D eigenvalue weighted by Crippen LogP contribution is -2.45. The van der Waals surface area contributed by atoms with Crippen molar-refractivity contribution in [1.82, 2.24) is 4.90 Å². The molecule has 2 aromatic rings. The van der Waals surface area contributed by atoms with Crippen molar-refractivity contribution in [3.63, 3.8) is 0 Å². The zero-order valence-electron chi connectivity index (χ0n) is 16.7. The lowest BCUT2D eigenvalue weighted by molar-refractivity contribution is -0.140. The second-order valence-electron chi connectivity index (χ2n) is 8.98. The Morgan fingerprint density at radius 3 is 2.19 bits per heavy atom. The van der Waals surface area contributed by atoms with E-state index in [0.29, 0.717) is 28.1 Å². The SMILES string of the molecule is O=C1C2C3C=CC(C4CC34)C2C(=O)N1CN(C(=O)c1ccccc1)c1cccc(Cl)c1. The average molecular weight is 433 g/mol. The normalized spacial score (nSPS) is 32.1. The molecule has 5 nitrogen and oxygen atoms in total. The molecule has 1 aliphatic heterocycles. The quantitative estimate of drug-likeness (QED) is 0.542. The molecule has 2 aromatic carbocycles. The van der Waals surface area contributed by atoms with E-state index in [1.165, 1.54) is 9.80 Å². The highest BCUT2D eigenvalue weighted by atomic mass is 35.5. The molecule has 6 unspecified atom stereocenters. The van der Waals surface area contributed by atoms with Gasteiger partial charge in [0.25, 0.3) is 5.91 Å². The summed E-state index contributed by atoms with van der Waals surface area (Å²) in [5.74, 6) is 0.281. The third-order valence-electron chi connectivity index (χ3n) is 7.42. The summed E-state index contributed by atoms with van der Waals surface area (Å²) in [6.07, 6.45) is 5.42. The Hall–Kier alpha value is -2.92. The first kappa shape index (κ1) is 18.8. The fourth-order valence-electron chi connectivity index (χ4n) is 5.94. The maximum atomic E-state index is 13.4. The summed E-state index contributed by atoms with van der Waals surface area (Å²) in [6.45, 7) is -0.104. The predicted octanol–water partition coefficient (Wildman–Crippen LogP) is 4.00. The summed E-state index contributed by atoms with van der Waals surface area (Å²) in [4.78, 5) is 43.0. The molecule has 2 bridgehead atoms. The molecule has 0 N–H and O–H groups in total. The lowest BCUT2D eigenvalue weighted by atomic mass is 9.63. The number of benzene rings is 2. The maximum Gasteiger partial charge on any atom is 0.259 e. The van der Waals surface area contributed by atoms with E-state index in [1.807, 2.05) is 6.07 Å². The number of nitrogens with zero attached hydrogens (tertiary/aromatic N) is 2. The Morgan fingerprint density at radius 1 is 0.935 bits per heavy atom. The van der Waals surface area contributed by atoms with Crippen molar-refractivity contribution in [2.24, 2.45) is 35.5 Å². The van der Waals surface area contributed by atoms with E-state index in [-0.39, 0.29) is 48.1 Å². The first-order valence-corrected chi connectivity index (χ1v) is 11.1. The smallest absolute Gasteiger partial charge is 0.259 e. The van der Waals surface area contributed by atoms with Crippen molar-refractivity contribution in [3.05, 3.63) is 77.3 Å². The summed E-state index contributed by atoms with van der Waals surface area (Å²) in [6, 6.07) is 15.8. The largest absolute Gasteiger partial charge is 0.289 e. The molecule has 1 saturated heterocycles. The van der Waals surface area contributed by atoms with Crippen molar-refractivity contribution in [2.45, 2.75) is 6.42 Å². The number of likely N-dealkylation sites (tertiary alicyclic amines) is 1. The molecule has 5 aliphatic rings. The lowest BCUT2D eigenvalue weighted by Gasteiger charge is -2.37. The third kappa shape index (κ3) is 2.79. The van der Waals surface area contributed by atoms with Gasteiger partial charge in [-0.15, -0.1) is 0 Å². The number of hydrogen-bond acceptors (Lipinski definition) is 3. The molecular weight excluding hydrogens is 412 g/mol. The Bertz CT molecular complexity index is 1090. The minimum Gasteiger partial charge on any atom is -0.289 e. The van der Waals surface area contributed by atoms with Gasteiger partial charge in [0.15, 0.2) is 0 Å². The standard InChI is InChI=1S/C25H21ClN2O3/c26-15-7-4-8-16(11-15)27(23(29)14-5-2-1-3-6-14)13-28-24(30)21-17-9-10-18(20-12-19(17)20)22(21)25(28)31/h1-11,17-22H,12-13H2. The minimum absolute atomic E-state index is 0.104. The molecule has 7 rings (SSSR count). The van der Waals surface area contributed by atoms with E-state index in [9.17, 15) is 14.4 Å². The van der Waals surface area contributed by atoms with Gasteiger partial charge in [0, 0.05) is 16.3 Å². The molecule has 4 aliphatic carbocycles. The van der Waals surface area contributed by atoms with Crippen molar-refractivity contribution in [3.8, 4) is 0 Å². The fourth-order valence-corrected chi connectivity index (χ4v) is 6.13. The van der Waals surface area contributed by atoms with Crippen molar-refractivity contribution in [1.29, 1.82) is 0 Å². The molecular formula is C25H21ClN2O3. The molecule has 31 heavy (non-hydrogen) atoms. The van der Waals surface area contributed by atoms with Gasteiger partial charge in [0.1, 0.15) is 6.67 Å². The first-order chi connectivity index (χ1) is 15.0. The van der Waals surface area contributed by atoms with Crippen molar-refractivity contribution >= 4 is 35.0 Å². The van der Waals surface area contributed by atoms with Gasteiger partial charge in [-0.1, -0.05) is 48.0 Å². The van der Waals surface area contributed by atoms with Gasteiger partial charge < -0.3 is 0 Å². The topological polar surface area (TPSA) is 57.7 Å². The monoisotopic (exact) mass is 432 g/mol. The van der Waals surface area contributed by atoms with Crippen molar-refractivity contribution in [2.75, 3.05) is 11.6 Å². The Morgan fingerprint density at radius 2 is 1.58 bits per heavy atom. The summed E-state index contributed by atoms with van der Waals surface area (Å²) in [5, 5.41) is 0.485. The molecule has 0 radical (unpaired) electrons. The third-order valence-corrected chi connectivity index (χ3v) is 7.66. The molecule has 6 heteroatoms. The van der Waals surface area contributed by atoms with Gasteiger partial charge >= 0.3 is 0 Å². The van der Waals surface area contributed by atoms with Gasteiger partial charge in [0.05, 0.1) is 11.8 Å². The number of halogens is 1. The molecule has 1 heterocycles. The van der Waals surface area contributed by atoms with Crippen LogP contribution in [0.1, 0.15) is 16.8 Å². The van der Waals surface area contributed by atoms with Crippen LogP contribution in [0.3, 0.4) is 0 Å². The predicted molar refractivity (Wildman–Crippen MR) is 116 cm³/mol.